The Morgan fingerprint density at radius 3 is 2.31 bits per heavy atom. The molecule has 0 bridgehead atoms. The lowest BCUT2D eigenvalue weighted by atomic mass is 10.1. The smallest absolute Gasteiger partial charge is 0.278 e. The van der Waals surface area contributed by atoms with Crippen LogP contribution in [0.4, 0.5) is 11.4 Å². The van der Waals surface area contributed by atoms with Crippen molar-refractivity contribution < 1.29 is 19.1 Å². The molecule has 3 aromatic carbocycles. The van der Waals surface area contributed by atoms with Gasteiger partial charge in [0.2, 0.25) is 0 Å². The molecule has 39 heavy (non-hydrogen) atoms. The summed E-state index contributed by atoms with van der Waals surface area (Å²) in [6.45, 7) is 4.70. The molecule has 1 heterocycles. The van der Waals surface area contributed by atoms with E-state index in [4.69, 9.17) is 27.9 Å². The maximum atomic E-state index is 13.3. The van der Waals surface area contributed by atoms with Crippen LogP contribution in [0.1, 0.15) is 27.9 Å². The van der Waals surface area contributed by atoms with Crippen LogP contribution in [-0.2, 0) is 14.3 Å². The number of nitrogens with zero attached hydrogens (tertiary/aromatic N) is 1. The van der Waals surface area contributed by atoms with Gasteiger partial charge in [0.25, 0.3) is 17.7 Å². The number of hydrogen-bond donors (Lipinski definition) is 2. The summed E-state index contributed by atoms with van der Waals surface area (Å²) in [4.78, 5) is 41.5. The highest BCUT2D eigenvalue weighted by Gasteiger charge is 2.38. The van der Waals surface area contributed by atoms with Crippen LogP contribution in [0.25, 0.3) is 0 Å². The van der Waals surface area contributed by atoms with E-state index in [9.17, 15) is 14.4 Å². The van der Waals surface area contributed by atoms with Crippen molar-refractivity contribution in [3.05, 3.63) is 98.0 Å². The normalized spacial score (nSPS) is 13.3. The predicted molar refractivity (Wildman–Crippen MR) is 156 cm³/mol. The van der Waals surface area contributed by atoms with Gasteiger partial charge in [0.1, 0.15) is 10.6 Å². The molecular weight excluding hydrogens is 557 g/mol. The molecule has 4 rings (SSSR count). The highest BCUT2D eigenvalue weighted by Crippen LogP contribution is 2.36. The molecule has 1 aliphatic heterocycles. The molecule has 0 aliphatic carbocycles. The lowest BCUT2D eigenvalue weighted by molar-refractivity contribution is -0.137. The van der Waals surface area contributed by atoms with Crippen LogP contribution in [0.2, 0.25) is 10.0 Å². The van der Waals surface area contributed by atoms with Gasteiger partial charge in [0, 0.05) is 41.6 Å². The number of halogens is 2. The first-order valence-electron chi connectivity index (χ1n) is 12.2. The number of carbonyl (C=O) groups is 3. The Hall–Kier alpha value is -3.30. The van der Waals surface area contributed by atoms with E-state index in [1.54, 1.807) is 43.5 Å². The van der Waals surface area contributed by atoms with Gasteiger partial charge in [-0.2, -0.15) is 0 Å². The van der Waals surface area contributed by atoms with Crippen LogP contribution in [0.3, 0.4) is 0 Å². The summed E-state index contributed by atoms with van der Waals surface area (Å²) in [7, 11) is 1.58. The SMILES string of the molecule is COCCCN1C(=O)C(Nc2ccc(C)c(C)c2)=C(Sc2ccc(NC(=O)c3ccc(Cl)cc3Cl)cc2)C1=O. The molecule has 0 spiro atoms. The molecule has 0 saturated heterocycles. The molecule has 0 atom stereocenters. The van der Waals surface area contributed by atoms with Gasteiger partial charge in [-0.1, -0.05) is 41.0 Å². The lowest BCUT2D eigenvalue weighted by Gasteiger charge is -2.15. The average molecular weight is 585 g/mol. The summed E-state index contributed by atoms with van der Waals surface area (Å²) in [5.74, 6) is -1.11. The zero-order valence-electron chi connectivity index (χ0n) is 21.6. The number of aryl methyl sites for hydroxylation is 2. The van der Waals surface area contributed by atoms with Crippen LogP contribution in [0.15, 0.2) is 76.2 Å². The van der Waals surface area contributed by atoms with Crippen LogP contribution in [-0.4, -0.2) is 42.9 Å². The molecule has 2 N–H and O–H groups in total. The minimum absolute atomic E-state index is 0.237. The second kappa shape index (κ2) is 12.7. The number of methoxy groups -OCH3 is 1. The largest absolute Gasteiger partial charge is 0.385 e. The quantitative estimate of drug-likeness (QED) is 0.204. The van der Waals surface area contributed by atoms with E-state index in [0.717, 1.165) is 21.7 Å². The van der Waals surface area contributed by atoms with Gasteiger partial charge < -0.3 is 15.4 Å². The maximum absolute atomic E-state index is 13.3. The Labute approximate surface area is 241 Å². The Bertz CT molecular complexity index is 1460. The molecule has 0 fully saturated rings. The molecule has 0 radical (unpaired) electrons. The molecule has 0 unspecified atom stereocenters. The van der Waals surface area contributed by atoms with Crippen molar-refractivity contribution in [2.24, 2.45) is 0 Å². The fourth-order valence-corrected chi connectivity index (χ4v) is 5.33. The highest BCUT2D eigenvalue weighted by atomic mass is 35.5. The highest BCUT2D eigenvalue weighted by molar-refractivity contribution is 8.04. The molecule has 0 saturated carbocycles. The number of carbonyl (C=O) groups excluding carboxylic acids is 3. The van der Waals surface area contributed by atoms with E-state index < -0.39 is 0 Å². The maximum Gasteiger partial charge on any atom is 0.278 e. The first-order valence-corrected chi connectivity index (χ1v) is 13.7. The summed E-state index contributed by atoms with van der Waals surface area (Å²) >= 11 is 13.3. The van der Waals surface area contributed by atoms with Gasteiger partial charge in [0.15, 0.2) is 0 Å². The lowest BCUT2D eigenvalue weighted by Crippen LogP contribution is -2.33. The predicted octanol–water partition coefficient (Wildman–Crippen LogP) is 6.68. The first kappa shape index (κ1) is 28.7. The molecule has 1 aliphatic rings. The van der Waals surface area contributed by atoms with E-state index in [1.807, 2.05) is 32.0 Å². The summed E-state index contributed by atoms with van der Waals surface area (Å²) in [5, 5.41) is 6.68. The van der Waals surface area contributed by atoms with Crippen LogP contribution in [0.5, 0.6) is 0 Å². The van der Waals surface area contributed by atoms with Gasteiger partial charge in [0.05, 0.1) is 10.6 Å². The molecule has 202 valence electrons. The monoisotopic (exact) mass is 583 g/mol. The van der Waals surface area contributed by atoms with E-state index in [2.05, 4.69) is 10.6 Å². The summed E-state index contributed by atoms with van der Waals surface area (Å²) in [5.41, 5.74) is 4.01. The third kappa shape index (κ3) is 6.83. The Morgan fingerprint density at radius 2 is 1.64 bits per heavy atom. The molecule has 10 heteroatoms. The standard InChI is InChI=1S/C29H27Cl2N3O4S/c1-17-5-7-21(15-18(17)2)32-25-26(29(37)34(28(25)36)13-4-14-38-3)39-22-10-8-20(9-11-22)33-27(35)23-12-6-19(30)16-24(23)31/h5-12,15-16,32H,4,13-14H2,1-3H3,(H,33,35). The zero-order valence-corrected chi connectivity index (χ0v) is 24.0. The van der Waals surface area contributed by atoms with Crippen LogP contribution in [0, 0.1) is 13.8 Å². The number of ether oxygens (including phenoxy) is 1. The average Bonchev–Trinajstić information content (AvgIpc) is 3.11. The van der Waals surface area contributed by atoms with Gasteiger partial charge in [-0.25, -0.2) is 0 Å². The second-order valence-corrected chi connectivity index (χ2v) is 10.9. The number of nitrogens with one attached hydrogen (secondary N) is 2. The van der Waals surface area contributed by atoms with Gasteiger partial charge in [-0.05, 0) is 86.0 Å². The minimum Gasteiger partial charge on any atom is -0.385 e. The van der Waals surface area contributed by atoms with Crippen molar-refractivity contribution >= 4 is 64.1 Å². The van der Waals surface area contributed by atoms with E-state index >= 15 is 0 Å². The summed E-state index contributed by atoms with van der Waals surface area (Å²) in [6, 6.07) is 17.4. The van der Waals surface area contributed by atoms with E-state index in [-0.39, 0.29) is 35.0 Å². The summed E-state index contributed by atoms with van der Waals surface area (Å²) < 4.78 is 5.09. The van der Waals surface area contributed by atoms with Crippen molar-refractivity contribution in [2.75, 3.05) is 30.9 Å². The fraction of sp³-hybridized carbons (Fsp3) is 0.207. The number of rotatable bonds is 10. The zero-order chi connectivity index (χ0) is 28.1. The van der Waals surface area contributed by atoms with Crippen LogP contribution >= 0.6 is 35.0 Å². The first-order chi connectivity index (χ1) is 18.7. The molecule has 0 aromatic heterocycles. The molecule has 7 nitrogen and oxygen atoms in total. The minimum atomic E-state index is -0.374. The Kier molecular flexibility index (Phi) is 9.35. The van der Waals surface area contributed by atoms with Gasteiger partial charge >= 0.3 is 0 Å². The topological polar surface area (TPSA) is 87.7 Å². The van der Waals surface area contributed by atoms with E-state index in [1.165, 1.54) is 22.7 Å². The summed E-state index contributed by atoms with van der Waals surface area (Å²) in [6.07, 6.45) is 0.537. The van der Waals surface area contributed by atoms with Crippen LogP contribution < -0.4 is 10.6 Å². The van der Waals surface area contributed by atoms with Crippen molar-refractivity contribution in [1.29, 1.82) is 0 Å². The third-order valence-corrected chi connectivity index (χ3v) is 7.78. The van der Waals surface area contributed by atoms with Crippen molar-refractivity contribution in [1.82, 2.24) is 4.90 Å². The number of hydrogen-bond acceptors (Lipinski definition) is 6. The Balaban J connectivity index is 1.55. The molecule has 3 amide bonds. The van der Waals surface area contributed by atoms with Crippen molar-refractivity contribution in [3.8, 4) is 0 Å². The Morgan fingerprint density at radius 1 is 0.923 bits per heavy atom. The van der Waals surface area contributed by atoms with Gasteiger partial charge in [-0.3, -0.25) is 19.3 Å². The number of thioether (sulfide) groups is 1. The number of benzene rings is 3. The second-order valence-electron chi connectivity index (χ2n) is 8.94. The molecular formula is C29H27Cl2N3O4S. The molecule has 3 aromatic rings. The third-order valence-electron chi connectivity index (χ3n) is 6.14. The van der Waals surface area contributed by atoms with Crippen molar-refractivity contribution in [3.63, 3.8) is 0 Å². The number of imide groups is 1. The van der Waals surface area contributed by atoms with Crippen molar-refractivity contribution in [2.45, 2.75) is 25.2 Å². The van der Waals surface area contributed by atoms with Gasteiger partial charge in [-0.15, -0.1) is 0 Å². The number of amides is 3. The van der Waals surface area contributed by atoms with E-state index in [0.29, 0.717) is 34.2 Å². The number of anilines is 2. The fourth-order valence-electron chi connectivity index (χ4n) is 3.89.